The number of nitrogens with zero attached hydrogens (tertiary/aromatic N) is 1. The second-order valence-electron chi connectivity index (χ2n) is 4.10. The first kappa shape index (κ1) is 11.1. The highest BCUT2D eigenvalue weighted by molar-refractivity contribution is 5.80. The highest BCUT2D eigenvalue weighted by Gasteiger charge is 2.28. The van der Waals surface area contributed by atoms with Crippen LogP contribution in [0.25, 0.3) is 0 Å². The maximum atomic E-state index is 11.3. The van der Waals surface area contributed by atoms with Crippen LogP contribution < -0.4 is 10.6 Å². The number of pyridine rings is 1. The van der Waals surface area contributed by atoms with Crippen LogP contribution in [-0.2, 0) is 11.3 Å². The monoisotopic (exact) mass is 219 g/mol. The Morgan fingerprint density at radius 1 is 1.44 bits per heavy atom. The molecule has 2 N–H and O–H groups in total. The van der Waals surface area contributed by atoms with Gasteiger partial charge in [-0.1, -0.05) is 6.07 Å². The summed E-state index contributed by atoms with van der Waals surface area (Å²) < 4.78 is 0. The number of aromatic nitrogens is 1. The molecule has 0 saturated heterocycles. The van der Waals surface area contributed by atoms with E-state index in [1.165, 1.54) is 0 Å². The van der Waals surface area contributed by atoms with E-state index in [0.717, 1.165) is 31.5 Å². The van der Waals surface area contributed by atoms with Crippen LogP contribution in [0.3, 0.4) is 0 Å². The Kier molecular flexibility index (Phi) is 3.88. The minimum Gasteiger partial charge on any atom is -0.355 e. The Balaban J connectivity index is 1.53. The van der Waals surface area contributed by atoms with Crippen molar-refractivity contribution >= 4 is 5.91 Å². The smallest absolute Gasteiger partial charge is 0.223 e. The summed E-state index contributed by atoms with van der Waals surface area (Å²) in [4.78, 5) is 15.3. The predicted octanol–water partition coefficient (Wildman–Crippen LogP) is 0.697. The summed E-state index contributed by atoms with van der Waals surface area (Å²) in [6.45, 7) is 2.30. The van der Waals surface area contributed by atoms with Crippen LogP contribution in [0.2, 0.25) is 0 Å². The van der Waals surface area contributed by atoms with Crippen molar-refractivity contribution in [1.29, 1.82) is 0 Å². The minimum absolute atomic E-state index is 0.211. The zero-order valence-electron chi connectivity index (χ0n) is 9.28. The lowest BCUT2D eigenvalue weighted by Gasteiger charge is -2.06. The SMILES string of the molecule is O=C(NCCNCc1cccnc1)C1CC1. The topological polar surface area (TPSA) is 54.0 Å². The van der Waals surface area contributed by atoms with Crippen molar-refractivity contribution < 1.29 is 4.79 Å². The highest BCUT2D eigenvalue weighted by atomic mass is 16.2. The number of rotatable bonds is 6. The molecule has 4 nitrogen and oxygen atoms in total. The first-order chi connectivity index (χ1) is 7.86. The van der Waals surface area contributed by atoms with E-state index >= 15 is 0 Å². The lowest BCUT2D eigenvalue weighted by molar-refractivity contribution is -0.122. The van der Waals surface area contributed by atoms with Crippen molar-refractivity contribution in [3.63, 3.8) is 0 Å². The van der Waals surface area contributed by atoms with Gasteiger partial charge in [-0.05, 0) is 24.5 Å². The molecular formula is C12H17N3O. The minimum atomic E-state index is 0.211. The number of hydrogen-bond donors (Lipinski definition) is 2. The van der Waals surface area contributed by atoms with Crippen LogP contribution in [0, 0.1) is 5.92 Å². The van der Waals surface area contributed by atoms with Gasteiger partial charge in [0.1, 0.15) is 0 Å². The fourth-order valence-electron chi connectivity index (χ4n) is 1.50. The van der Waals surface area contributed by atoms with Gasteiger partial charge in [-0.25, -0.2) is 0 Å². The van der Waals surface area contributed by atoms with Crippen LogP contribution >= 0.6 is 0 Å². The van der Waals surface area contributed by atoms with Gasteiger partial charge >= 0.3 is 0 Å². The van der Waals surface area contributed by atoms with Gasteiger partial charge in [0.05, 0.1) is 0 Å². The predicted molar refractivity (Wildman–Crippen MR) is 61.7 cm³/mol. The average Bonchev–Trinajstić information content (AvgIpc) is 3.13. The number of carbonyl (C=O) groups is 1. The van der Waals surface area contributed by atoms with E-state index in [-0.39, 0.29) is 5.91 Å². The van der Waals surface area contributed by atoms with Crippen molar-refractivity contribution in [3.8, 4) is 0 Å². The van der Waals surface area contributed by atoms with E-state index in [4.69, 9.17) is 0 Å². The number of amides is 1. The van der Waals surface area contributed by atoms with Gasteiger partial charge in [0, 0.05) is 37.9 Å². The molecule has 0 spiro atoms. The normalized spacial score (nSPS) is 14.8. The fraction of sp³-hybridized carbons (Fsp3) is 0.500. The van der Waals surface area contributed by atoms with Crippen LogP contribution in [0.15, 0.2) is 24.5 Å². The standard InChI is InChI=1S/C12H17N3O/c16-12(11-3-4-11)15-7-6-14-9-10-2-1-5-13-8-10/h1-2,5,8,11,14H,3-4,6-7,9H2,(H,15,16). The molecule has 0 aliphatic heterocycles. The van der Waals surface area contributed by atoms with Crippen LogP contribution in [-0.4, -0.2) is 24.0 Å². The van der Waals surface area contributed by atoms with Gasteiger partial charge in [-0.3, -0.25) is 9.78 Å². The summed E-state index contributed by atoms with van der Waals surface area (Å²) in [5.74, 6) is 0.515. The van der Waals surface area contributed by atoms with Gasteiger partial charge < -0.3 is 10.6 Å². The van der Waals surface area contributed by atoms with Crippen LogP contribution in [0.1, 0.15) is 18.4 Å². The lowest BCUT2D eigenvalue weighted by Crippen LogP contribution is -2.32. The van der Waals surface area contributed by atoms with E-state index in [1.807, 2.05) is 18.3 Å². The molecule has 1 aliphatic carbocycles. The van der Waals surface area contributed by atoms with Gasteiger partial charge in [-0.2, -0.15) is 0 Å². The summed E-state index contributed by atoms with van der Waals surface area (Å²) >= 11 is 0. The average molecular weight is 219 g/mol. The van der Waals surface area contributed by atoms with Crippen molar-refractivity contribution in [2.75, 3.05) is 13.1 Å². The highest BCUT2D eigenvalue weighted by Crippen LogP contribution is 2.28. The van der Waals surface area contributed by atoms with Crippen LogP contribution in [0.5, 0.6) is 0 Å². The second kappa shape index (κ2) is 5.61. The third-order valence-electron chi connectivity index (χ3n) is 2.60. The van der Waals surface area contributed by atoms with Gasteiger partial charge in [0.25, 0.3) is 0 Å². The van der Waals surface area contributed by atoms with E-state index in [1.54, 1.807) is 6.20 Å². The summed E-state index contributed by atoms with van der Waals surface area (Å²) in [5.41, 5.74) is 1.16. The molecule has 0 radical (unpaired) electrons. The number of carbonyl (C=O) groups excluding carboxylic acids is 1. The Bertz CT molecular complexity index is 335. The van der Waals surface area contributed by atoms with Crippen molar-refractivity contribution in [1.82, 2.24) is 15.6 Å². The molecule has 16 heavy (non-hydrogen) atoms. The maximum absolute atomic E-state index is 11.3. The largest absolute Gasteiger partial charge is 0.355 e. The Morgan fingerprint density at radius 3 is 3.00 bits per heavy atom. The van der Waals surface area contributed by atoms with Gasteiger partial charge in [0.15, 0.2) is 0 Å². The Labute approximate surface area is 95.5 Å². The first-order valence-corrected chi connectivity index (χ1v) is 5.73. The summed E-state index contributed by atoms with van der Waals surface area (Å²) in [5, 5.41) is 6.18. The molecule has 0 unspecified atom stereocenters. The molecule has 0 bridgehead atoms. The van der Waals surface area contributed by atoms with Crippen molar-refractivity contribution in [2.45, 2.75) is 19.4 Å². The fourth-order valence-corrected chi connectivity index (χ4v) is 1.50. The molecule has 1 aliphatic rings. The molecular weight excluding hydrogens is 202 g/mol. The molecule has 1 aromatic heterocycles. The molecule has 0 atom stereocenters. The van der Waals surface area contributed by atoms with E-state index in [2.05, 4.69) is 15.6 Å². The van der Waals surface area contributed by atoms with Gasteiger partial charge in [0.2, 0.25) is 5.91 Å². The molecule has 1 aromatic rings. The third kappa shape index (κ3) is 3.62. The molecule has 2 rings (SSSR count). The van der Waals surface area contributed by atoms with Crippen LogP contribution in [0.4, 0.5) is 0 Å². The zero-order valence-corrected chi connectivity index (χ0v) is 9.28. The van der Waals surface area contributed by atoms with Crippen molar-refractivity contribution in [3.05, 3.63) is 30.1 Å². The summed E-state index contributed by atoms with van der Waals surface area (Å²) in [7, 11) is 0. The first-order valence-electron chi connectivity index (χ1n) is 5.73. The molecule has 86 valence electrons. The summed E-state index contributed by atoms with van der Waals surface area (Å²) in [6, 6.07) is 3.95. The quantitative estimate of drug-likeness (QED) is 0.692. The third-order valence-corrected chi connectivity index (χ3v) is 2.60. The lowest BCUT2D eigenvalue weighted by atomic mass is 10.3. The number of hydrogen-bond acceptors (Lipinski definition) is 3. The zero-order chi connectivity index (χ0) is 11.2. The Hall–Kier alpha value is -1.42. The Morgan fingerprint density at radius 2 is 2.31 bits per heavy atom. The molecule has 1 saturated carbocycles. The van der Waals surface area contributed by atoms with E-state index in [0.29, 0.717) is 12.5 Å². The van der Waals surface area contributed by atoms with E-state index < -0.39 is 0 Å². The van der Waals surface area contributed by atoms with Gasteiger partial charge in [-0.15, -0.1) is 0 Å². The maximum Gasteiger partial charge on any atom is 0.223 e. The molecule has 4 heteroatoms. The van der Waals surface area contributed by atoms with E-state index in [9.17, 15) is 4.79 Å². The molecule has 1 heterocycles. The summed E-state index contributed by atoms with van der Waals surface area (Å²) in [6.07, 6.45) is 5.74. The molecule has 1 amide bonds. The van der Waals surface area contributed by atoms with Crippen molar-refractivity contribution in [2.24, 2.45) is 5.92 Å². The molecule has 1 fully saturated rings. The number of nitrogens with one attached hydrogen (secondary N) is 2. The second-order valence-corrected chi connectivity index (χ2v) is 4.10. The molecule has 0 aromatic carbocycles.